The smallest absolute Gasteiger partial charge is 0.309 e. The molecule has 0 fully saturated rings. The lowest BCUT2D eigenvalue weighted by Gasteiger charge is -2.37. The zero-order valence-electron chi connectivity index (χ0n) is 19.5. The molecule has 1 aliphatic heterocycles. The van der Waals surface area contributed by atoms with E-state index in [1.807, 2.05) is 0 Å². The molecule has 0 saturated carbocycles. The molecular weight excluding hydrogens is 388 g/mol. The molecule has 1 aliphatic rings. The average molecular weight is 423 g/mol. The van der Waals surface area contributed by atoms with Crippen LogP contribution in [0.4, 0.5) is 11.4 Å². The minimum absolute atomic E-state index is 0.489. The predicted molar refractivity (Wildman–Crippen MR) is 131 cm³/mol. The van der Waals surface area contributed by atoms with Crippen LogP contribution < -0.4 is 20.2 Å². The SMILES string of the molecule is CN(C)c1ccc2c(c1)[Si](C)(C)c1cc(N(C)C)ccc1C2=CCC(C)(C)C(=O)O. The number of benzene rings is 2. The number of hydrogen-bond acceptors (Lipinski definition) is 3. The van der Waals surface area contributed by atoms with Crippen LogP contribution in [0.1, 0.15) is 31.4 Å². The van der Waals surface area contributed by atoms with Crippen molar-refractivity contribution in [3.8, 4) is 0 Å². The molecule has 0 unspecified atom stereocenters. The van der Waals surface area contributed by atoms with E-state index in [-0.39, 0.29) is 0 Å². The topological polar surface area (TPSA) is 43.8 Å². The van der Waals surface area contributed by atoms with Crippen molar-refractivity contribution in [3.05, 3.63) is 53.6 Å². The van der Waals surface area contributed by atoms with E-state index >= 15 is 0 Å². The molecule has 2 aromatic carbocycles. The Hall–Kier alpha value is -2.53. The Labute approximate surface area is 181 Å². The van der Waals surface area contributed by atoms with Gasteiger partial charge in [0.1, 0.15) is 8.07 Å². The van der Waals surface area contributed by atoms with Crippen LogP contribution in [0.25, 0.3) is 5.57 Å². The zero-order chi connectivity index (χ0) is 22.4. The molecule has 0 bridgehead atoms. The summed E-state index contributed by atoms with van der Waals surface area (Å²) in [6, 6.07) is 13.5. The van der Waals surface area contributed by atoms with Gasteiger partial charge in [-0.2, -0.15) is 0 Å². The Morgan fingerprint density at radius 2 is 1.37 bits per heavy atom. The molecule has 160 valence electrons. The highest BCUT2D eigenvalue weighted by atomic mass is 28.3. The number of hydrogen-bond donors (Lipinski definition) is 1. The molecule has 0 radical (unpaired) electrons. The number of fused-ring (bicyclic) bond motifs is 2. The van der Waals surface area contributed by atoms with Crippen LogP contribution in [0.3, 0.4) is 0 Å². The monoisotopic (exact) mass is 422 g/mol. The fourth-order valence-corrected chi connectivity index (χ4v) is 7.17. The Kier molecular flexibility index (Phi) is 5.63. The normalized spacial score (nSPS) is 14.6. The molecule has 1 N–H and O–H groups in total. The molecule has 0 aliphatic carbocycles. The van der Waals surface area contributed by atoms with E-state index < -0.39 is 19.5 Å². The standard InChI is InChI=1S/C25H34N2O2Si/c1-25(2,24(28)29)14-13-19-20-11-9-17(26(3)4)15-22(20)30(7,8)23-16-18(27(5)6)10-12-21(19)23/h9-13,15-16H,14H2,1-8H3,(H,28,29). The largest absolute Gasteiger partial charge is 0.481 e. The molecule has 2 aromatic rings. The summed E-state index contributed by atoms with van der Waals surface area (Å²) in [5.74, 6) is -0.767. The lowest BCUT2D eigenvalue weighted by molar-refractivity contribution is -0.146. The summed E-state index contributed by atoms with van der Waals surface area (Å²) >= 11 is 0. The lowest BCUT2D eigenvalue weighted by Crippen LogP contribution is -2.58. The van der Waals surface area contributed by atoms with Crippen molar-refractivity contribution in [3.63, 3.8) is 0 Å². The van der Waals surface area contributed by atoms with Crippen LogP contribution in [0.2, 0.25) is 13.1 Å². The maximum atomic E-state index is 11.7. The fraction of sp³-hybridized carbons (Fsp3) is 0.400. The summed E-state index contributed by atoms with van der Waals surface area (Å²) in [6.07, 6.45) is 2.63. The van der Waals surface area contributed by atoms with Gasteiger partial charge in [-0.25, -0.2) is 0 Å². The van der Waals surface area contributed by atoms with E-state index in [1.54, 1.807) is 13.8 Å². The maximum absolute atomic E-state index is 11.7. The third-order valence-electron chi connectivity index (χ3n) is 6.36. The summed E-state index contributed by atoms with van der Waals surface area (Å²) in [4.78, 5) is 16.0. The Bertz CT molecular complexity index is 956. The molecule has 0 aromatic heterocycles. The van der Waals surface area contributed by atoms with E-state index in [9.17, 15) is 9.90 Å². The molecule has 0 atom stereocenters. The molecule has 30 heavy (non-hydrogen) atoms. The van der Waals surface area contributed by atoms with Crippen LogP contribution in [-0.2, 0) is 4.79 Å². The van der Waals surface area contributed by atoms with Crippen LogP contribution in [0.15, 0.2) is 42.5 Å². The molecule has 0 spiro atoms. The van der Waals surface area contributed by atoms with Crippen LogP contribution in [-0.4, -0.2) is 47.3 Å². The first-order valence-electron chi connectivity index (χ1n) is 10.4. The third-order valence-corrected chi connectivity index (χ3v) is 9.88. The summed E-state index contributed by atoms with van der Waals surface area (Å²) in [6.45, 7) is 8.42. The second kappa shape index (κ2) is 7.62. The zero-order valence-corrected chi connectivity index (χ0v) is 20.5. The van der Waals surface area contributed by atoms with E-state index in [1.165, 1.54) is 32.9 Å². The van der Waals surface area contributed by atoms with Gasteiger partial charge in [-0.1, -0.05) is 31.3 Å². The number of nitrogens with zero attached hydrogens (tertiary/aromatic N) is 2. The van der Waals surface area contributed by atoms with Crippen LogP contribution >= 0.6 is 0 Å². The molecule has 5 heteroatoms. The van der Waals surface area contributed by atoms with Gasteiger partial charge in [-0.15, -0.1) is 0 Å². The molecular formula is C25H34N2O2Si. The van der Waals surface area contributed by atoms with Gasteiger partial charge in [0.25, 0.3) is 0 Å². The Morgan fingerprint density at radius 3 is 1.73 bits per heavy atom. The summed E-state index contributed by atoms with van der Waals surface area (Å²) in [7, 11) is 6.36. The summed E-state index contributed by atoms with van der Waals surface area (Å²) < 4.78 is 0. The molecule has 3 rings (SSSR count). The van der Waals surface area contributed by atoms with Gasteiger partial charge in [0.15, 0.2) is 0 Å². The van der Waals surface area contributed by atoms with Gasteiger partial charge in [0.05, 0.1) is 5.41 Å². The van der Waals surface area contributed by atoms with Gasteiger partial charge in [-0.3, -0.25) is 4.79 Å². The summed E-state index contributed by atoms with van der Waals surface area (Å²) in [5, 5.41) is 12.4. The van der Waals surface area contributed by atoms with Gasteiger partial charge in [-0.05, 0) is 71.6 Å². The van der Waals surface area contributed by atoms with Crippen molar-refractivity contribution in [2.24, 2.45) is 5.41 Å². The molecule has 0 amide bonds. The van der Waals surface area contributed by atoms with Gasteiger partial charge in [0, 0.05) is 39.6 Å². The second-order valence-corrected chi connectivity index (χ2v) is 14.2. The lowest BCUT2D eigenvalue weighted by atomic mass is 9.86. The van der Waals surface area contributed by atoms with Crippen molar-refractivity contribution in [1.82, 2.24) is 0 Å². The van der Waals surface area contributed by atoms with Crippen LogP contribution in [0.5, 0.6) is 0 Å². The second-order valence-electron chi connectivity index (χ2n) is 9.88. The van der Waals surface area contributed by atoms with Crippen molar-refractivity contribution in [1.29, 1.82) is 0 Å². The average Bonchev–Trinajstić information content (AvgIpc) is 2.67. The van der Waals surface area contributed by atoms with Crippen molar-refractivity contribution >= 4 is 41.4 Å². The van der Waals surface area contributed by atoms with Gasteiger partial charge >= 0.3 is 5.97 Å². The minimum Gasteiger partial charge on any atom is -0.481 e. The number of rotatable bonds is 5. The first-order valence-corrected chi connectivity index (χ1v) is 13.4. The van der Waals surface area contributed by atoms with Crippen molar-refractivity contribution < 1.29 is 9.90 Å². The quantitative estimate of drug-likeness (QED) is 0.743. The van der Waals surface area contributed by atoms with E-state index in [0.29, 0.717) is 6.42 Å². The van der Waals surface area contributed by atoms with E-state index in [4.69, 9.17) is 0 Å². The Morgan fingerprint density at radius 1 is 0.933 bits per heavy atom. The van der Waals surface area contributed by atoms with Crippen molar-refractivity contribution in [2.75, 3.05) is 38.0 Å². The first kappa shape index (κ1) is 22.2. The van der Waals surface area contributed by atoms with Crippen molar-refractivity contribution in [2.45, 2.75) is 33.4 Å². The highest BCUT2D eigenvalue weighted by molar-refractivity contribution is 7.02. The summed E-state index contributed by atoms with van der Waals surface area (Å²) in [5.41, 5.74) is 5.27. The van der Waals surface area contributed by atoms with E-state index in [0.717, 1.165) is 5.57 Å². The van der Waals surface area contributed by atoms with Gasteiger partial charge in [0.2, 0.25) is 0 Å². The third kappa shape index (κ3) is 3.78. The highest BCUT2D eigenvalue weighted by Crippen LogP contribution is 2.34. The fourth-order valence-electron chi connectivity index (χ4n) is 4.08. The molecule has 1 heterocycles. The first-order chi connectivity index (χ1) is 13.9. The van der Waals surface area contributed by atoms with E-state index in [2.05, 4.69) is 93.6 Å². The minimum atomic E-state index is -1.94. The highest BCUT2D eigenvalue weighted by Gasteiger charge is 2.37. The number of carboxylic acids is 1. The number of aliphatic carboxylic acids is 1. The predicted octanol–water partition coefficient (Wildman–Crippen LogP) is 3.89. The maximum Gasteiger partial charge on any atom is 0.309 e. The molecule has 0 saturated heterocycles. The van der Waals surface area contributed by atoms with Gasteiger partial charge < -0.3 is 14.9 Å². The molecule has 4 nitrogen and oxygen atoms in total. The van der Waals surface area contributed by atoms with Crippen LogP contribution in [0, 0.1) is 5.41 Å². The number of carboxylic acid groups (broad SMARTS) is 1. The number of anilines is 2. The Balaban J connectivity index is 2.28. The number of carbonyl (C=O) groups is 1. The number of allylic oxidation sites excluding steroid dienone is 1.